The number of aliphatic imine (C=N–C) groups is 1. The zero-order valence-corrected chi connectivity index (χ0v) is 9.44. The van der Waals surface area contributed by atoms with Gasteiger partial charge in [0, 0.05) is 0 Å². The van der Waals surface area contributed by atoms with E-state index in [9.17, 15) is 0 Å². The third-order valence-electron chi connectivity index (χ3n) is 1.36. The molecule has 0 N–H and O–H groups in total. The minimum absolute atomic E-state index is 0.474. The van der Waals surface area contributed by atoms with Crippen molar-refractivity contribution < 1.29 is 0 Å². The third-order valence-corrected chi connectivity index (χ3v) is 6.12. The van der Waals surface area contributed by atoms with Crippen molar-refractivity contribution in [3.8, 4) is 0 Å². The quantitative estimate of drug-likeness (QED) is 0.526. The predicted octanol–water partition coefficient (Wildman–Crippen LogP) is 2.76. The van der Waals surface area contributed by atoms with Crippen LogP contribution in [0.15, 0.2) is 14.0 Å². The Morgan fingerprint density at radius 3 is 2.70 bits per heavy atom. The predicted molar refractivity (Wildman–Crippen MR) is 59.5 cm³/mol. The molecule has 0 saturated heterocycles. The van der Waals surface area contributed by atoms with Crippen molar-refractivity contribution >= 4 is 37.1 Å². The normalized spacial score (nSPS) is 26.1. The molecule has 0 aromatic carbocycles. The van der Waals surface area contributed by atoms with E-state index >= 15 is 0 Å². The molecule has 1 unspecified atom stereocenters. The maximum atomic E-state index is 4.34. The van der Waals surface area contributed by atoms with E-state index < -0.39 is 19.8 Å². The molecule has 58 valence electrons. The van der Waals surface area contributed by atoms with Gasteiger partial charge >= 0.3 is 73.9 Å². The van der Waals surface area contributed by atoms with E-state index in [0.29, 0.717) is 6.04 Å². The Morgan fingerprint density at radius 1 is 1.60 bits per heavy atom. The van der Waals surface area contributed by atoms with Crippen molar-refractivity contribution in [1.82, 2.24) is 0 Å². The molecular formula is C7H12INS. The van der Waals surface area contributed by atoms with Gasteiger partial charge in [0.1, 0.15) is 0 Å². The van der Waals surface area contributed by atoms with Gasteiger partial charge in [-0.25, -0.2) is 0 Å². The second-order valence-corrected chi connectivity index (χ2v) is 8.60. The zero-order chi connectivity index (χ0) is 7.56. The molecule has 1 heterocycles. The van der Waals surface area contributed by atoms with Crippen LogP contribution in [-0.2, 0) is 0 Å². The Kier molecular flexibility index (Phi) is 3.23. The van der Waals surface area contributed by atoms with E-state index in [0.717, 1.165) is 0 Å². The molecule has 1 nitrogen and oxygen atoms in total. The van der Waals surface area contributed by atoms with Crippen LogP contribution in [0.3, 0.4) is 0 Å². The number of alkyl halides is 2. The fourth-order valence-corrected chi connectivity index (χ4v) is 5.54. The fraction of sp³-hybridized carbons (Fsp3) is 0.571. The average molecular weight is 269 g/mol. The van der Waals surface area contributed by atoms with E-state index in [4.69, 9.17) is 0 Å². The maximum absolute atomic E-state index is 4.34. The van der Waals surface area contributed by atoms with Gasteiger partial charge in [-0.1, -0.05) is 0 Å². The van der Waals surface area contributed by atoms with Crippen molar-refractivity contribution in [2.75, 3.05) is 9.86 Å². The van der Waals surface area contributed by atoms with Crippen molar-refractivity contribution in [1.29, 1.82) is 0 Å². The molecule has 1 rings (SSSR count). The number of halogens is 1. The summed E-state index contributed by atoms with van der Waals surface area (Å²) >= 11 is 0.981. The number of thioether (sulfide) groups is 1. The zero-order valence-electron chi connectivity index (χ0n) is 6.47. The molecule has 10 heavy (non-hydrogen) atoms. The van der Waals surface area contributed by atoms with Gasteiger partial charge in [0.05, 0.1) is 0 Å². The third kappa shape index (κ3) is 1.99. The summed E-state index contributed by atoms with van der Waals surface area (Å²) in [5, 5.41) is 2.28. The van der Waals surface area contributed by atoms with Crippen LogP contribution in [0.2, 0.25) is 0 Å². The molecule has 1 aliphatic heterocycles. The van der Waals surface area contributed by atoms with E-state index in [1.807, 2.05) is 5.55 Å². The Labute approximate surface area is 73.8 Å². The van der Waals surface area contributed by atoms with Crippen LogP contribution in [0.5, 0.6) is 0 Å². The molecule has 0 aliphatic carbocycles. The Morgan fingerprint density at radius 2 is 2.30 bits per heavy atom. The molecule has 0 aromatic heterocycles. The molecule has 0 amide bonds. The second kappa shape index (κ2) is 3.76. The monoisotopic (exact) mass is 269 g/mol. The average Bonchev–Trinajstić information content (AvgIpc) is 1.88. The summed E-state index contributed by atoms with van der Waals surface area (Å²) in [5.41, 5.74) is 1.94. The van der Waals surface area contributed by atoms with Crippen LogP contribution in [0.1, 0.15) is 6.92 Å². The SMILES string of the molecule is CC1N=CSC=C1I(C)C. The molecule has 1 atom stereocenters. The van der Waals surface area contributed by atoms with Gasteiger partial charge in [-0.15, -0.1) is 0 Å². The molecule has 1 aliphatic rings. The summed E-state index contributed by atoms with van der Waals surface area (Å²) in [7, 11) is 0. The first-order valence-corrected chi connectivity index (χ1v) is 9.42. The number of hydrogen-bond acceptors (Lipinski definition) is 2. The van der Waals surface area contributed by atoms with Crippen LogP contribution < -0.4 is 0 Å². The molecule has 0 spiro atoms. The van der Waals surface area contributed by atoms with Gasteiger partial charge in [-0.05, 0) is 0 Å². The first-order valence-electron chi connectivity index (χ1n) is 3.09. The van der Waals surface area contributed by atoms with E-state index in [1.165, 1.54) is 0 Å². The number of rotatable bonds is 1. The summed E-state index contributed by atoms with van der Waals surface area (Å²) in [6.45, 7) is 2.18. The van der Waals surface area contributed by atoms with E-state index in [1.54, 1.807) is 15.3 Å². The fourth-order valence-electron chi connectivity index (χ4n) is 0.796. The van der Waals surface area contributed by atoms with E-state index in [2.05, 4.69) is 27.2 Å². The standard InChI is InChI=1S/C7H12INS/c1-6-7(8(2)3)4-10-5-9-6/h4-6H,1-3H3. The molecule has 0 saturated carbocycles. The van der Waals surface area contributed by atoms with Crippen molar-refractivity contribution in [2.24, 2.45) is 4.99 Å². The van der Waals surface area contributed by atoms with Gasteiger partial charge in [0.25, 0.3) is 0 Å². The molecular weight excluding hydrogens is 257 g/mol. The first kappa shape index (κ1) is 8.59. The van der Waals surface area contributed by atoms with Crippen molar-refractivity contribution in [2.45, 2.75) is 13.0 Å². The topological polar surface area (TPSA) is 12.4 Å². The second-order valence-electron chi connectivity index (χ2n) is 2.33. The van der Waals surface area contributed by atoms with Gasteiger partial charge in [0.15, 0.2) is 0 Å². The minimum atomic E-state index is -0.740. The summed E-state index contributed by atoms with van der Waals surface area (Å²) in [6, 6.07) is 0.474. The van der Waals surface area contributed by atoms with Crippen LogP contribution in [0.4, 0.5) is 0 Å². The number of hydrogen-bond donors (Lipinski definition) is 0. The summed E-state index contributed by atoms with van der Waals surface area (Å²) in [4.78, 5) is 9.08. The molecule has 0 radical (unpaired) electrons. The Bertz CT molecular complexity index is 174. The van der Waals surface area contributed by atoms with Crippen LogP contribution in [-0.4, -0.2) is 21.4 Å². The van der Waals surface area contributed by atoms with Gasteiger partial charge in [0.2, 0.25) is 0 Å². The number of nitrogens with zero attached hydrogens (tertiary/aromatic N) is 1. The van der Waals surface area contributed by atoms with Crippen molar-refractivity contribution in [3.63, 3.8) is 0 Å². The summed E-state index contributed by atoms with van der Waals surface area (Å²) in [6.07, 6.45) is 0. The molecule has 0 aromatic rings. The van der Waals surface area contributed by atoms with Crippen LogP contribution >= 0.6 is 31.6 Å². The van der Waals surface area contributed by atoms with Gasteiger partial charge in [-0.2, -0.15) is 0 Å². The molecule has 0 fully saturated rings. The first-order chi connectivity index (χ1) is 4.72. The molecule has 3 heteroatoms. The van der Waals surface area contributed by atoms with Crippen LogP contribution in [0, 0.1) is 0 Å². The van der Waals surface area contributed by atoms with E-state index in [-0.39, 0.29) is 0 Å². The van der Waals surface area contributed by atoms with Gasteiger partial charge in [-0.3, -0.25) is 0 Å². The Hall–Kier alpha value is 0.490. The summed E-state index contributed by atoms with van der Waals surface area (Å²) in [5.74, 6) is 0. The van der Waals surface area contributed by atoms with Crippen LogP contribution in [0.25, 0.3) is 0 Å². The molecule has 0 bridgehead atoms. The van der Waals surface area contributed by atoms with Crippen molar-refractivity contribution in [3.05, 3.63) is 8.99 Å². The summed E-state index contributed by atoms with van der Waals surface area (Å²) < 4.78 is 1.61. The Balaban J connectivity index is 2.66. The van der Waals surface area contributed by atoms with Gasteiger partial charge < -0.3 is 0 Å².